The van der Waals surface area contributed by atoms with Crippen molar-refractivity contribution in [3.8, 4) is 6.07 Å². The Hall–Kier alpha value is -3.53. The molecule has 0 fully saturated rings. The number of allylic oxidation sites excluding steroid dienone is 2. The van der Waals surface area contributed by atoms with Crippen molar-refractivity contribution in [1.29, 1.82) is 5.26 Å². The minimum absolute atomic E-state index is 0.190. The number of carbonyl (C=O) groups excluding carboxylic acids is 1. The number of carbonyl (C=O) groups is 1. The average molecular weight is 423 g/mol. The first-order valence-corrected chi connectivity index (χ1v) is 10.00. The van der Waals surface area contributed by atoms with Gasteiger partial charge in [0, 0.05) is 11.3 Å². The van der Waals surface area contributed by atoms with Crippen LogP contribution in [-0.2, 0) is 6.18 Å². The second-order valence-electron chi connectivity index (χ2n) is 7.53. The summed E-state index contributed by atoms with van der Waals surface area (Å²) in [6, 6.07) is 13.0. The average Bonchev–Trinajstić information content (AvgIpc) is 2.77. The number of hydrogen-bond donors (Lipinski definition) is 1. The first-order valence-electron chi connectivity index (χ1n) is 10.00. The molecule has 0 unspecified atom stereocenters. The number of anilines is 1. The molecule has 0 aromatic heterocycles. The summed E-state index contributed by atoms with van der Waals surface area (Å²) in [6.45, 7) is 1.92. The van der Waals surface area contributed by atoms with E-state index in [2.05, 4.69) is 11.4 Å². The largest absolute Gasteiger partial charge is 0.416 e. The van der Waals surface area contributed by atoms with Crippen molar-refractivity contribution in [1.82, 2.24) is 5.32 Å². The third-order valence-corrected chi connectivity index (χ3v) is 5.70. The van der Waals surface area contributed by atoms with Crippen LogP contribution in [0.25, 0.3) is 0 Å². The van der Waals surface area contributed by atoms with Crippen molar-refractivity contribution in [2.75, 3.05) is 4.90 Å². The lowest BCUT2D eigenvalue weighted by molar-refractivity contribution is -0.137. The first-order chi connectivity index (χ1) is 14.8. The maximum Gasteiger partial charge on any atom is 0.416 e. The molecule has 0 spiro atoms. The highest BCUT2D eigenvalue weighted by molar-refractivity contribution is 5.98. The molecular weight excluding hydrogens is 403 g/mol. The van der Waals surface area contributed by atoms with Crippen LogP contribution in [0.4, 0.5) is 23.7 Å². The molecule has 1 aliphatic heterocycles. The Labute approximate surface area is 178 Å². The van der Waals surface area contributed by atoms with Crippen molar-refractivity contribution >= 4 is 11.7 Å². The number of benzene rings is 2. The van der Waals surface area contributed by atoms with Crippen molar-refractivity contribution in [3.63, 3.8) is 0 Å². The SMILES string of the molecule is CC=C1CCCC2=C1[C@@H](c1ccc(C#N)cc1)NC(=O)N2c1cccc(C(F)(F)F)c1. The molecule has 0 bridgehead atoms. The van der Waals surface area contributed by atoms with Crippen LogP contribution in [0, 0.1) is 11.3 Å². The van der Waals surface area contributed by atoms with E-state index in [9.17, 15) is 18.0 Å². The van der Waals surface area contributed by atoms with Gasteiger partial charge < -0.3 is 5.32 Å². The summed E-state index contributed by atoms with van der Waals surface area (Å²) in [7, 11) is 0. The molecule has 0 saturated heterocycles. The molecule has 0 saturated carbocycles. The zero-order chi connectivity index (χ0) is 22.2. The maximum atomic E-state index is 13.3. The van der Waals surface area contributed by atoms with Gasteiger partial charge in [-0.1, -0.05) is 24.3 Å². The maximum absolute atomic E-state index is 13.3. The molecule has 7 heteroatoms. The van der Waals surface area contributed by atoms with E-state index in [0.717, 1.165) is 47.4 Å². The van der Waals surface area contributed by atoms with Crippen LogP contribution in [0.15, 0.2) is 71.5 Å². The predicted molar refractivity (Wildman–Crippen MR) is 111 cm³/mol. The summed E-state index contributed by atoms with van der Waals surface area (Å²) < 4.78 is 39.8. The lowest BCUT2D eigenvalue weighted by atomic mass is 9.81. The van der Waals surface area contributed by atoms with Gasteiger partial charge in [0.2, 0.25) is 0 Å². The van der Waals surface area contributed by atoms with Crippen LogP contribution < -0.4 is 10.2 Å². The fourth-order valence-electron chi connectivity index (χ4n) is 4.26. The summed E-state index contributed by atoms with van der Waals surface area (Å²) in [6.07, 6.45) is -0.280. The van der Waals surface area contributed by atoms with E-state index >= 15 is 0 Å². The molecule has 31 heavy (non-hydrogen) atoms. The number of rotatable bonds is 2. The minimum atomic E-state index is -4.49. The van der Waals surface area contributed by atoms with Gasteiger partial charge in [-0.05, 0) is 67.7 Å². The van der Waals surface area contributed by atoms with Gasteiger partial charge >= 0.3 is 12.2 Å². The summed E-state index contributed by atoms with van der Waals surface area (Å²) in [5, 5.41) is 12.0. The number of amides is 2. The zero-order valence-corrected chi connectivity index (χ0v) is 16.8. The van der Waals surface area contributed by atoms with E-state index < -0.39 is 23.8 Å². The standard InChI is InChI=1S/C24H20F3N3O/c1-2-16-5-3-8-20-21(16)22(17-11-9-15(14-28)10-12-17)29-23(31)30(20)19-7-4-6-18(13-19)24(25,26)27/h2,4,6-7,9-13,22H,3,5,8H2,1H3,(H,29,31)/t22-/m1/s1. The second kappa shape index (κ2) is 7.95. The van der Waals surface area contributed by atoms with E-state index in [1.54, 1.807) is 24.3 Å². The Morgan fingerprint density at radius 1 is 1.16 bits per heavy atom. The van der Waals surface area contributed by atoms with Crippen molar-refractivity contribution in [2.24, 2.45) is 0 Å². The monoisotopic (exact) mass is 423 g/mol. The van der Waals surface area contributed by atoms with Gasteiger partial charge in [0.05, 0.1) is 28.9 Å². The molecule has 1 aliphatic carbocycles. The third-order valence-electron chi connectivity index (χ3n) is 5.70. The Bertz CT molecular complexity index is 1120. The Morgan fingerprint density at radius 2 is 1.90 bits per heavy atom. The summed E-state index contributed by atoms with van der Waals surface area (Å²) in [5.41, 5.74) is 3.43. The Kier molecular flexibility index (Phi) is 5.32. The molecule has 0 radical (unpaired) electrons. The van der Waals surface area contributed by atoms with Gasteiger partial charge in [0.15, 0.2) is 0 Å². The third kappa shape index (κ3) is 3.81. The highest BCUT2D eigenvalue weighted by atomic mass is 19.4. The fraction of sp³-hybridized carbons (Fsp3) is 0.250. The number of nitriles is 1. The number of halogens is 3. The number of alkyl halides is 3. The van der Waals surface area contributed by atoms with Gasteiger partial charge in [0.1, 0.15) is 0 Å². The molecule has 2 aromatic rings. The van der Waals surface area contributed by atoms with Crippen molar-refractivity contribution in [3.05, 3.63) is 88.1 Å². The van der Waals surface area contributed by atoms with Gasteiger partial charge in [-0.25, -0.2) is 4.79 Å². The molecule has 1 heterocycles. The number of hydrogen-bond acceptors (Lipinski definition) is 2. The van der Waals surface area contributed by atoms with Gasteiger partial charge in [-0.15, -0.1) is 0 Å². The number of nitrogens with zero attached hydrogens (tertiary/aromatic N) is 2. The summed E-state index contributed by atoms with van der Waals surface area (Å²) in [4.78, 5) is 14.5. The Morgan fingerprint density at radius 3 is 2.55 bits per heavy atom. The normalized spacial score (nSPS) is 20.4. The van der Waals surface area contributed by atoms with Crippen LogP contribution in [0.1, 0.15) is 48.9 Å². The van der Waals surface area contributed by atoms with Gasteiger partial charge in [-0.2, -0.15) is 18.4 Å². The zero-order valence-electron chi connectivity index (χ0n) is 16.8. The number of urea groups is 1. The van der Waals surface area contributed by atoms with E-state index in [1.807, 2.05) is 13.0 Å². The molecule has 4 nitrogen and oxygen atoms in total. The summed E-state index contributed by atoms with van der Waals surface area (Å²) in [5.74, 6) is 0. The summed E-state index contributed by atoms with van der Waals surface area (Å²) >= 11 is 0. The van der Waals surface area contributed by atoms with Crippen LogP contribution in [0.2, 0.25) is 0 Å². The molecule has 1 atom stereocenters. The van der Waals surface area contributed by atoms with Crippen molar-refractivity contribution < 1.29 is 18.0 Å². The highest BCUT2D eigenvalue weighted by Gasteiger charge is 2.38. The van der Waals surface area contributed by atoms with Crippen molar-refractivity contribution in [2.45, 2.75) is 38.4 Å². The van der Waals surface area contributed by atoms with Crippen LogP contribution in [-0.4, -0.2) is 6.03 Å². The smallest absolute Gasteiger partial charge is 0.326 e. The molecule has 2 aromatic carbocycles. The van der Waals surface area contributed by atoms with Gasteiger partial charge in [0.25, 0.3) is 0 Å². The quantitative estimate of drug-likeness (QED) is 0.622. The molecule has 2 amide bonds. The molecule has 4 rings (SSSR count). The lowest BCUT2D eigenvalue weighted by Crippen LogP contribution is -2.48. The fourth-order valence-corrected chi connectivity index (χ4v) is 4.26. The molecule has 1 N–H and O–H groups in total. The minimum Gasteiger partial charge on any atom is -0.326 e. The highest BCUT2D eigenvalue weighted by Crippen LogP contribution is 2.44. The number of nitrogens with one attached hydrogen (secondary N) is 1. The van der Waals surface area contributed by atoms with E-state index in [4.69, 9.17) is 5.26 Å². The van der Waals surface area contributed by atoms with E-state index in [1.165, 1.54) is 17.0 Å². The van der Waals surface area contributed by atoms with E-state index in [0.29, 0.717) is 12.0 Å². The topological polar surface area (TPSA) is 56.1 Å². The predicted octanol–water partition coefficient (Wildman–Crippen LogP) is 6.23. The second-order valence-corrected chi connectivity index (χ2v) is 7.53. The Balaban J connectivity index is 1.86. The van der Waals surface area contributed by atoms with Crippen LogP contribution in [0.3, 0.4) is 0 Å². The van der Waals surface area contributed by atoms with Gasteiger partial charge in [-0.3, -0.25) is 4.90 Å². The first kappa shape index (κ1) is 20.7. The van der Waals surface area contributed by atoms with Crippen LogP contribution >= 0.6 is 0 Å². The molecule has 158 valence electrons. The molecule has 2 aliphatic rings. The van der Waals surface area contributed by atoms with E-state index in [-0.39, 0.29) is 5.69 Å². The molecular formula is C24H20F3N3O. The lowest BCUT2D eigenvalue weighted by Gasteiger charge is -2.41. The van der Waals surface area contributed by atoms with Crippen LogP contribution in [0.5, 0.6) is 0 Å².